The number of rotatable bonds is 2. The number of aromatic amines is 1. The van der Waals surface area contributed by atoms with Crippen LogP contribution in [0.25, 0.3) is 0 Å². The second-order valence-corrected chi connectivity index (χ2v) is 5.15. The van der Waals surface area contributed by atoms with Gasteiger partial charge in [-0.05, 0) is 13.1 Å². The van der Waals surface area contributed by atoms with E-state index in [0.717, 1.165) is 12.4 Å². The Morgan fingerprint density at radius 3 is 3.00 bits per heavy atom. The average Bonchev–Trinajstić information content (AvgIpc) is 3.01. The number of nitrogens with one attached hydrogen (secondary N) is 1. The maximum atomic E-state index is 12.5. The fraction of sp³-hybridized carbons (Fsp3) is 0.357. The van der Waals surface area contributed by atoms with Gasteiger partial charge >= 0.3 is 0 Å². The third kappa shape index (κ3) is 2.73. The zero-order chi connectivity index (χ0) is 14.8. The van der Waals surface area contributed by atoms with Gasteiger partial charge in [-0.1, -0.05) is 0 Å². The Kier molecular flexibility index (Phi) is 3.57. The first-order chi connectivity index (χ1) is 10.1. The van der Waals surface area contributed by atoms with Crippen LogP contribution in [0.15, 0.2) is 30.9 Å². The fourth-order valence-electron chi connectivity index (χ4n) is 2.54. The van der Waals surface area contributed by atoms with Crippen molar-refractivity contribution < 1.29 is 9.90 Å². The summed E-state index contributed by atoms with van der Waals surface area (Å²) in [6, 6.07) is 1.48. The third-order valence-corrected chi connectivity index (χ3v) is 3.74. The number of hydrogen-bond acceptors (Lipinski definition) is 5. The molecule has 2 aromatic rings. The molecule has 1 fully saturated rings. The Balaban J connectivity index is 1.78. The van der Waals surface area contributed by atoms with E-state index in [9.17, 15) is 9.90 Å². The Bertz CT molecular complexity index is 628. The Hall–Kier alpha value is -2.41. The molecule has 7 heteroatoms. The predicted octanol–water partition coefficient (Wildman–Crippen LogP) is 0.639. The Morgan fingerprint density at radius 2 is 2.29 bits per heavy atom. The predicted molar refractivity (Wildman–Crippen MR) is 75.8 cm³/mol. The van der Waals surface area contributed by atoms with Crippen molar-refractivity contribution in [3.63, 3.8) is 0 Å². The first-order valence-electron chi connectivity index (χ1n) is 6.78. The number of hydrogen-bond donors (Lipinski definition) is 2. The monoisotopic (exact) mass is 287 g/mol. The molecule has 1 amide bonds. The van der Waals surface area contributed by atoms with Crippen LogP contribution in [0, 0.1) is 0 Å². The molecule has 3 heterocycles. The van der Waals surface area contributed by atoms with E-state index in [1.54, 1.807) is 17.3 Å². The molecule has 2 N–H and O–H groups in total. The molecule has 0 radical (unpaired) electrons. The summed E-state index contributed by atoms with van der Waals surface area (Å²) in [5, 5.41) is 9.45. The lowest BCUT2D eigenvalue weighted by Crippen LogP contribution is -2.49. The number of carbonyl (C=O) groups excluding carboxylic acids is 1. The second kappa shape index (κ2) is 5.53. The highest BCUT2D eigenvalue weighted by atomic mass is 16.3. The van der Waals surface area contributed by atoms with Gasteiger partial charge in [0, 0.05) is 38.2 Å². The first-order valence-corrected chi connectivity index (χ1v) is 6.78. The molecule has 0 aliphatic carbocycles. The molecule has 1 atom stereocenters. The number of likely N-dealkylation sites (N-methyl/N-ethyl adjacent to an activating group) is 1. The minimum atomic E-state index is -0.122. The number of carbonyl (C=O) groups is 1. The van der Waals surface area contributed by atoms with E-state index in [0.29, 0.717) is 18.7 Å². The van der Waals surface area contributed by atoms with Crippen LogP contribution in [-0.4, -0.2) is 62.4 Å². The van der Waals surface area contributed by atoms with Gasteiger partial charge in [-0.2, -0.15) is 0 Å². The molecule has 110 valence electrons. The number of piperazine rings is 1. The van der Waals surface area contributed by atoms with Crippen molar-refractivity contribution in [2.45, 2.75) is 6.04 Å². The third-order valence-electron chi connectivity index (χ3n) is 3.74. The van der Waals surface area contributed by atoms with E-state index < -0.39 is 0 Å². The lowest BCUT2D eigenvalue weighted by Gasteiger charge is -2.38. The summed E-state index contributed by atoms with van der Waals surface area (Å²) in [6.07, 6.45) is 6.28. The molecule has 7 nitrogen and oxygen atoms in total. The number of imidazole rings is 1. The summed E-state index contributed by atoms with van der Waals surface area (Å²) >= 11 is 0. The average molecular weight is 287 g/mol. The minimum absolute atomic E-state index is 0.00226. The van der Waals surface area contributed by atoms with Gasteiger partial charge in [0.1, 0.15) is 11.6 Å². The second-order valence-electron chi connectivity index (χ2n) is 5.15. The van der Waals surface area contributed by atoms with Crippen LogP contribution in [-0.2, 0) is 0 Å². The highest BCUT2D eigenvalue weighted by molar-refractivity contribution is 5.94. The van der Waals surface area contributed by atoms with Gasteiger partial charge in [0.25, 0.3) is 5.91 Å². The van der Waals surface area contributed by atoms with Crippen molar-refractivity contribution in [2.75, 3.05) is 26.7 Å². The minimum Gasteiger partial charge on any atom is -0.506 e. The first kappa shape index (κ1) is 13.6. The van der Waals surface area contributed by atoms with E-state index in [1.807, 2.05) is 7.05 Å². The van der Waals surface area contributed by atoms with Gasteiger partial charge in [-0.25, -0.2) is 4.98 Å². The fourth-order valence-corrected chi connectivity index (χ4v) is 2.54. The zero-order valence-corrected chi connectivity index (χ0v) is 11.7. The SMILES string of the molecule is CN1CCN(C(=O)c2cncc(O)c2)C[C@H]1c1ncc[nH]1. The van der Waals surface area contributed by atoms with Gasteiger partial charge < -0.3 is 15.0 Å². The van der Waals surface area contributed by atoms with Crippen LogP contribution in [0.4, 0.5) is 0 Å². The van der Waals surface area contributed by atoms with E-state index in [-0.39, 0.29) is 17.7 Å². The van der Waals surface area contributed by atoms with Crippen molar-refractivity contribution in [1.29, 1.82) is 0 Å². The van der Waals surface area contributed by atoms with Crippen LogP contribution in [0.3, 0.4) is 0 Å². The highest BCUT2D eigenvalue weighted by Crippen LogP contribution is 2.22. The van der Waals surface area contributed by atoms with Crippen LogP contribution in [0.5, 0.6) is 5.75 Å². The quantitative estimate of drug-likeness (QED) is 0.846. The van der Waals surface area contributed by atoms with E-state index in [4.69, 9.17) is 0 Å². The maximum Gasteiger partial charge on any atom is 0.255 e. The lowest BCUT2D eigenvalue weighted by atomic mass is 10.1. The zero-order valence-electron chi connectivity index (χ0n) is 11.7. The van der Waals surface area contributed by atoms with Crippen LogP contribution >= 0.6 is 0 Å². The summed E-state index contributed by atoms with van der Waals surface area (Å²) in [4.78, 5) is 27.7. The van der Waals surface area contributed by atoms with Crippen molar-refractivity contribution in [3.05, 3.63) is 42.2 Å². The molecule has 0 spiro atoms. The normalized spacial score (nSPS) is 19.7. The van der Waals surface area contributed by atoms with Gasteiger partial charge in [-0.15, -0.1) is 0 Å². The van der Waals surface area contributed by atoms with Gasteiger partial charge in [0.15, 0.2) is 0 Å². The van der Waals surface area contributed by atoms with Crippen LogP contribution < -0.4 is 0 Å². The van der Waals surface area contributed by atoms with E-state index in [2.05, 4.69) is 19.9 Å². The number of aromatic nitrogens is 3. The largest absolute Gasteiger partial charge is 0.506 e. The molecule has 1 saturated heterocycles. The van der Waals surface area contributed by atoms with Gasteiger partial charge in [-0.3, -0.25) is 14.7 Å². The molecule has 0 aromatic carbocycles. The van der Waals surface area contributed by atoms with Crippen LogP contribution in [0.1, 0.15) is 22.2 Å². The highest BCUT2D eigenvalue weighted by Gasteiger charge is 2.30. The molecular weight excluding hydrogens is 270 g/mol. The maximum absolute atomic E-state index is 12.5. The topological polar surface area (TPSA) is 85.3 Å². The molecular formula is C14H17N5O2. The molecule has 0 unspecified atom stereocenters. The number of aromatic hydroxyl groups is 1. The number of H-pyrrole nitrogens is 1. The standard InChI is InChI=1S/C14H17N5O2/c1-18-4-5-19(9-12(18)13-16-2-3-17-13)14(21)10-6-11(20)8-15-7-10/h2-3,6-8,12,20H,4-5,9H2,1H3,(H,16,17)/t12-/m0/s1. The Morgan fingerprint density at radius 1 is 1.43 bits per heavy atom. The molecule has 1 aliphatic rings. The van der Waals surface area contributed by atoms with Crippen molar-refractivity contribution in [1.82, 2.24) is 24.8 Å². The molecule has 1 aliphatic heterocycles. The van der Waals surface area contributed by atoms with Crippen molar-refractivity contribution in [3.8, 4) is 5.75 Å². The summed E-state index contributed by atoms with van der Waals surface area (Å²) in [7, 11) is 2.02. The van der Waals surface area contributed by atoms with Crippen molar-refractivity contribution in [2.24, 2.45) is 0 Å². The molecule has 2 aromatic heterocycles. The van der Waals surface area contributed by atoms with Crippen molar-refractivity contribution >= 4 is 5.91 Å². The lowest BCUT2D eigenvalue weighted by molar-refractivity contribution is 0.0533. The summed E-state index contributed by atoms with van der Waals surface area (Å²) in [5.41, 5.74) is 0.401. The van der Waals surface area contributed by atoms with Gasteiger partial charge in [0.05, 0.1) is 17.8 Å². The molecule has 21 heavy (non-hydrogen) atoms. The molecule has 3 rings (SSSR count). The summed E-state index contributed by atoms with van der Waals surface area (Å²) < 4.78 is 0. The van der Waals surface area contributed by atoms with E-state index >= 15 is 0 Å². The van der Waals surface area contributed by atoms with E-state index in [1.165, 1.54) is 18.5 Å². The molecule has 0 saturated carbocycles. The summed E-state index contributed by atoms with van der Waals surface area (Å²) in [5.74, 6) is 0.727. The Labute approximate surface area is 122 Å². The van der Waals surface area contributed by atoms with Gasteiger partial charge in [0.2, 0.25) is 0 Å². The van der Waals surface area contributed by atoms with Crippen LogP contribution in [0.2, 0.25) is 0 Å². The smallest absolute Gasteiger partial charge is 0.255 e. The summed E-state index contributed by atoms with van der Waals surface area (Å²) in [6.45, 7) is 1.96. The number of nitrogens with zero attached hydrogens (tertiary/aromatic N) is 4. The number of amides is 1. The number of pyridine rings is 1. The molecule has 0 bridgehead atoms.